The van der Waals surface area contributed by atoms with E-state index in [4.69, 9.17) is 0 Å². The third-order valence-electron chi connectivity index (χ3n) is 2.43. The molecular weight excluding hydrogens is 264 g/mol. The molecule has 6 heteroatoms. The second-order valence-electron chi connectivity index (χ2n) is 3.95. The van der Waals surface area contributed by atoms with Crippen LogP contribution in [0.2, 0.25) is 0 Å². The summed E-state index contributed by atoms with van der Waals surface area (Å²) < 4.78 is 11.7. The van der Waals surface area contributed by atoms with Crippen LogP contribution in [-0.4, -0.2) is 27.1 Å². The summed E-state index contributed by atoms with van der Waals surface area (Å²) in [5, 5.41) is 4.09. The number of carbonyl (C=O) groups is 2. The molecule has 0 bridgehead atoms. The average molecular weight is 282 g/mol. The summed E-state index contributed by atoms with van der Waals surface area (Å²) in [5.41, 5.74) is 0.944. The molecule has 0 aliphatic heterocycles. The van der Waals surface area contributed by atoms with Crippen molar-refractivity contribution in [2.45, 2.75) is 25.8 Å². The molecule has 2 amide bonds. The van der Waals surface area contributed by atoms with Crippen molar-refractivity contribution < 1.29 is 13.8 Å². The quantitative estimate of drug-likeness (QED) is 0.799. The zero-order valence-corrected chi connectivity index (χ0v) is 11.8. The Morgan fingerprint density at radius 3 is 2.42 bits per heavy atom. The van der Waals surface area contributed by atoms with Gasteiger partial charge in [0, 0.05) is 19.2 Å². The topological polar surface area (TPSA) is 75.3 Å². The summed E-state index contributed by atoms with van der Waals surface area (Å²) in [6, 6.07) is 9.39. The zero-order chi connectivity index (χ0) is 14.3. The van der Waals surface area contributed by atoms with Crippen molar-refractivity contribution in [2.24, 2.45) is 0 Å². The fourth-order valence-electron chi connectivity index (χ4n) is 1.48. The molecule has 19 heavy (non-hydrogen) atoms. The number of nitrogens with one attached hydrogen (secondary N) is 2. The molecule has 1 aromatic rings. The standard InChI is InChI=1S/C13H18N2O3S/c1-3-19(18)13(15-10(2)16)12(17)14-9-11-7-5-4-6-8-11/h4-8,13H,3,9H2,1-2H3,(H,14,17)(H,15,16)/t13-,19+/m0/s1. The highest BCUT2D eigenvalue weighted by molar-refractivity contribution is 7.86. The molecule has 1 aromatic carbocycles. The lowest BCUT2D eigenvalue weighted by molar-refractivity contribution is -0.126. The summed E-state index contributed by atoms with van der Waals surface area (Å²) in [6.45, 7) is 3.34. The first kappa shape index (κ1) is 15.4. The van der Waals surface area contributed by atoms with Gasteiger partial charge < -0.3 is 10.6 Å². The maximum absolute atomic E-state index is 11.9. The third-order valence-corrected chi connectivity index (χ3v) is 3.86. The van der Waals surface area contributed by atoms with E-state index in [1.807, 2.05) is 30.3 Å². The van der Waals surface area contributed by atoms with E-state index in [1.165, 1.54) is 6.92 Å². The van der Waals surface area contributed by atoms with Gasteiger partial charge in [-0.15, -0.1) is 0 Å². The molecular formula is C13H18N2O3S. The molecule has 0 radical (unpaired) electrons. The Balaban J connectivity index is 2.62. The second-order valence-corrected chi connectivity index (χ2v) is 5.76. The van der Waals surface area contributed by atoms with Crippen LogP contribution < -0.4 is 10.6 Å². The molecule has 0 fully saturated rings. The van der Waals surface area contributed by atoms with Crippen LogP contribution in [0.5, 0.6) is 0 Å². The van der Waals surface area contributed by atoms with Crippen molar-refractivity contribution >= 4 is 22.6 Å². The van der Waals surface area contributed by atoms with Crippen molar-refractivity contribution in [3.05, 3.63) is 35.9 Å². The van der Waals surface area contributed by atoms with Gasteiger partial charge in [0.2, 0.25) is 5.91 Å². The van der Waals surface area contributed by atoms with Gasteiger partial charge in [-0.25, -0.2) is 0 Å². The lowest BCUT2D eigenvalue weighted by Gasteiger charge is -2.16. The maximum atomic E-state index is 11.9. The normalized spacial score (nSPS) is 13.4. The van der Waals surface area contributed by atoms with E-state index in [1.54, 1.807) is 6.92 Å². The smallest absolute Gasteiger partial charge is 0.256 e. The molecule has 5 nitrogen and oxygen atoms in total. The van der Waals surface area contributed by atoms with Crippen molar-refractivity contribution in [3.63, 3.8) is 0 Å². The molecule has 0 aliphatic rings. The summed E-state index contributed by atoms with van der Waals surface area (Å²) in [5.74, 6) is -0.495. The molecule has 2 atom stereocenters. The van der Waals surface area contributed by atoms with E-state index >= 15 is 0 Å². The number of rotatable bonds is 6. The summed E-state index contributed by atoms with van der Waals surface area (Å²) in [4.78, 5) is 23.0. The first-order chi connectivity index (χ1) is 9.04. The largest absolute Gasteiger partial charge is 0.349 e. The number of hydrogen-bond acceptors (Lipinski definition) is 3. The summed E-state index contributed by atoms with van der Waals surface area (Å²) in [7, 11) is -1.42. The van der Waals surface area contributed by atoms with Gasteiger partial charge in [0.25, 0.3) is 5.91 Å². The minimum absolute atomic E-state index is 0.309. The first-order valence-electron chi connectivity index (χ1n) is 6.00. The third kappa shape index (κ3) is 5.21. The van der Waals surface area contributed by atoms with Crippen molar-refractivity contribution in [3.8, 4) is 0 Å². The van der Waals surface area contributed by atoms with Crippen LogP contribution >= 0.6 is 0 Å². The van der Waals surface area contributed by atoms with E-state index in [0.29, 0.717) is 12.3 Å². The van der Waals surface area contributed by atoms with E-state index < -0.39 is 22.1 Å². The Kier molecular flexibility index (Phi) is 6.21. The molecule has 0 aliphatic carbocycles. The van der Waals surface area contributed by atoms with E-state index in [2.05, 4.69) is 10.6 Å². The maximum Gasteiger partial charge on any atom is 0.256 e. The van der Waals surface area contributed by atoms with Crippen LogP contribution in [0.3, 0.4) is 0 Å². The van der Waals surface area contributed by atoms with Gasteiger partial charge in [-0.2, -0.15) is 0 Å². The lowest BCUT2D eigenvalue weighted by atomic mass is 10.2. The fraction of sp³-hybridized carbons (Fsp3) is 0.385. The second kappa shape index (κ2) is 7.68. The number of carbonyl (C=O) groups excluding carboxylic acids is 2. The number of amides is 2. The molecule has 0 saturated carbocycles. The van der Waals surface area contributed by atoms with Gasteiger partial charge in [0.15, 0.2) is 5.37 Å². The van der Waals surface area contributed by atoms with Crippen LogP contribution in [0, 0.1) is 0 Å². The molecule has 0 aromatic heterocycles. The van der Waals surface area contributed by atoms with Gasteiger partial charge in [0.1, 0.15) is 0 Å². The van der Waals surface area contributed by atoms with Crippen LogP contribution in [0.15, 0.2) is 30.3 Å². The predicted molar refractivity (Wildman–Crippen MR) is 74.6 cm³/mol. The molecule has 0 unspecified atom stereocenters. The highest BCUT2D eigenvalue weighted by Crippen LogP contribution is 1.99. The van der Waals surface area contributed by atoms with E-state index in [0.717, 1.165) is 5.56 Å². The SMILES string of the molecule is CC[S@@](=O)[C@H](NC(C)=O)C(=O)NCc1ccccc1. The number of benzene rings is 1. The zero-order valence-electron chi connectivity index (χ0n) is 11.0. The molecule has 0 saturated heterocycles. The van der Waals surface area contributed by atoms with Crippen LogP contribution in [-0.2, 0) is 26.9 Å². The minimum Gasteiger partial charge on any atom is -0.349 e. The van der Waals surface area contributed by atoms with Crippen molar-refractivity contribution in [1.82, 2.24) is 10.6 Å². The predicted octanol–water partition coefficient (Wildman–Crippen LogP) is 0.534. The Morgan fingerprint density at radius 2 is 1.89 bits per heavy atom. The Labute approximate surface area is 115 Å². The fourth-order valence-corrected chi connectivity index (χ4v) is 2.43. The van der Waals surface area contributed by atoms with Crippen molar-refractivity contribution in [2.75, 3.05) is 5.75 Å². The van der Waals surface area contributed by atoms with Crippen LogP contribution in [0.25, 0.3) is 0 Å². The lowest BCUT2D eigenvalue weighted by Crippen LogP contribution is -2.48. The Hall–Kier alpha value is -1.69. The molecule has 104 valence electrons. The van der Waals surface area contributed by atoms with E-state index in [-0.39, 0.29) is 5.91 Å². The van der Waals surface area contributed by atoms with E-state index in [9.17, 15) is 13.8 Å². The minimum atomic E-state index is -1.42. The van der Waals surface area contributed by atoms with Gasteiger partial charge in [0.05, 0.1) is 10.8 Å². The van der Waals surface area contributed by atoms with Crippen LogP contribution in [0.1, 0.15) is 19.4 Å². The Morgan fingerprint density at radius 1 is 1.26 bits per heavy atom. The highest BCUT2D eigenvalue weighted by atomic mass is 32.2. The summed E-state index contributed by atoms with van der Waals surface area (Å²) in [6.07, 6.45) is 0. The monoisotopic (exact) mass is 282 g/mol. The number of hydrogen-bond donors (Lipinski definition) is 2. The highest BCUT2D eigenvalue weighted by Gasteiger charge is 2.24. The molecule has 0 heterocycles. The summed E-state index contributed by atoms with van der Waals surface area (Å²) >= 11 is 0. The van der Waals surface area contributed by atoms with Gasteiger partial charge in [-0.3, -0.25) is 13.8 Å². The van der Waals surface area contributed by atoms with Gasteiger partial charge >= 0.3 is 0 Å². The van der Waals surface area contributed by atoms with Crippen LogP contribution in [0.4, 0.5) is 0 Å². The molecule has 0 spiro atoms. The van der Waals surface area contributed by atoms with Crippen molar-refractivity contribution in [1.29, 1.82) is 0 Å². The molecule has 2 N–H and O–H groups in total. The first-order valence-corrected chi connectivity index (χ1v) is 7.38. The molecule has 1 rings (SSSR count). The average Bonchev–Trinajstić information content (AvgIpc) is 2.42. The van der Waals surface area contributed by atoms with Gasteiger partial charge in [-0.1, -0.05) is 37.3 Å². The van der Waals surface area contributed by atoms with Gasteiger partial charge in [-0.05, 0) is 5.56 Å². The Bertz CT molecular complexity index is 462.